The maximum Gasteiger partial charge on any atom is 0.237 e. The molecule has 0 heterocycles. The lowest BCUT2D eigenvalue weighted by molar-refractivity contribution is 0.401. The fourth-order valence-corrected chi connectivity index (χ4v) is 3.89. The zero-order valence-corrected chi connectivity index (χ0v) is 15.2. The van der Waals surface area contributed by atoms with Crippen molar-refractivity contribution in [1.29, 1.82) is 0 Å². The number of aliphatic hydroxyl groups excluding tert-OH is 2. The lowest BCUT2D eigenvalue weighted by atomic mass is 10.0. The summed E-state index contributed by atoms with van der Waals surface area (Å²) in [5.74, 6) is -0.339. The Balaban J connectivity index is 0.00000163. The molecule has 0 aliphatic heterocycles. The number of rotatable bonds is 5. The van der Waals surface area contributed by atoms with Crippen molar-refractivity contribution in [3.63, 3.8) is 0 Å². The Morgan fingerprint density at radius 3 is 2.12 bits per heavy atom. The van der Waals surface area contributed by atoms with Gasteiger partial charge in [-0.05, 0) is 36.8 Å². The second-order valence-corrected chi connectivity index (χ2v) is 7.56. The van der Waals surface area contributed by atoms with Crippen LogP contribution >= 0.6 is 7.37 Å². The van der Waals surface area contributed by atoms with Crippen LogP contribution in [0.1, 0.15) is 6.92 Å². The minimum absolute atomic E-state index is 0.00329. The van der Waals surface area contributed by atoms with E-state index in [2.05, 4.69) is 12.8 Å². The van der Waals surface area contributed by atoms with Gasteiger partial charge in [-0.1, -0.05) is 36.4 Å². The molecule has 0 amide bonds. The van der Waals surface area contributed by atoms with E-state index in [1.54, 1.807) is 36.4 Å². The van der Waals surface area contributed by atoms with Crippen LogP contribution in [0.3, 0.4) is 0 Å². The van der Waals surface area contributed by atoms with Crippen molar-refractivity contribution in [2.45, 2.75) is 6.92 Å². The number of para-hydroxylation sites is 1. The molecule has 5 nitrogen and oxygen atoms in total. The summed E-state index contributed by atoms with van der Waals surface area (Å²) in [4.78, 5) is 10.4. The smallest absolute Gasteiger partial charge is 0.237 e. The molecule has 1 atom stereocenters. The number of phenols is 1. The highest BCUT2D eigenvalue weighted by Crippen LogP contribution is 2.44. The Bertz CT molecular complexity index is 877. The first-order valence-corrected chi connectivity index (χ1v) is 9.44. The molecule has 0 spiro atoms. The molecule has 4 N–H and O–H groups in total. The van der Waals surface area contributed by atoms with E-state index in [-0.39, 0.29) is 22.6 Å². The van der Waals surface area contributed by atoms with Gasteiger partial charge in [-0.3, -0.25) is 4.57 Å². The third kappa shape index (κ3) is 5.56. The summed E-state index contributed by atoms with van der Waals surface area (Å²) < 4.78 is 12.8. The Morgan fingerprint density at radius 2 is 1.54 bits per heavy atom. The monoisotopic (exact) mass is 372 g/mol. The van der Waals surface area contributed by atoms with Gasteiger partial charge < -0.3 is 20.2 Å². The van der Waals surface area contributed by atoms with Crippen molar-refractivity contribution in [2.24, 2.45) is 0 Å². The molecule has 0 bridgehead atoms. The highest BCUT2D eigenvalue weighted by molar-refractivity contribution is 7.66. The van der Waals surface area contributed by atoms with Crippen LogP contribution in [0.25, 0.3) is 11.1 Å². The van der Waals surface area contributed by atoms with Crippen molar-refractivity contribution in [3.05, 3.63) is 72.2 Å². The first-order valence-electron chi connectivity index (χ1n) is 7.60. The van der Waals surface area contributed by atoms with E-state index in [0.29, 0.717) is 11.1 Å². The molecule has 0 radical (unpaired) electrons. The molecule has 0 aromatic heterocycles. The van der Waals surface area contributed by atoms with E-state index >= 15 is 0 Å². The predicted molar refractivity (Wildman–Crippen MR) is 105 cm³/mol. The second kappa shape index (κ2) is 9.53. The fraction of sp³-hybridized carbons (Fsp3) is 0.100. The summed E-state index contributed by atoms with van der Waals surface area (Å²) in [6.45, 7) is 1.43. The first-order chi connectivity index (χ1) is 12.3. The van der Waals surface area contributed by atoms with Crippen LogP contribution in [-0.4, -0.2) is 26.4 Å². The SMILES string of the molecule is C#C.C/C(O)=C\C=C(\O)CP(=O)(O)c1ccccc1-c1ccccc1O. The van der Waals surface area contributed by atoms with Crippen molar-refractivity contribution in [1.82, 2.24) is 0 Å². The normalized spacial score (nSPS) is 14.0. The van der Waals surface area contributed by atoms with Crippen LogP contribution in [-0.2, 0) is 4.57 Å². The summed E-state index contributed by atoms with van der Waals surface area (Å²) >= 11 is 0. The predicted octanol–water partition coefficient (Wildman–Crippen LogP) is 4.11. The van der Waals surface area contributed by atoms with Crippen LogP contribution in [0.15, 0.2) is 72.2 Å². The second-order valence-electron chi connectivity index (χ2n) is 5.36. The standard InChI is InChI=1S/C18H19O5P.C2H2/c1-13(19)10-11-14(20)12-24(22,23)18-9-5-3-7-16(18)15-6-2-4-8-17(15)21;1-2/h2-11,19-21H,12H2,1H3,(H,22,23);1-2H/b13-10+,14-11+;. The molecule has 2 rings (SSSR count). The number of allylic oxidation sites excluding steroid dienone is 4. The Hall–Kier alpha value is -2.93. The van der Waals surface area contributed by atoms with E-state index in [4.69, 9.17) is 5.11 Å². The molecular weight excluding hydrogens is 351 g/mol. The minimum Gasteiger partial charge on any atom is -0.513 e. The highest BCUT2D eigenvalue weighted by atomic mass is 31.2. The van der Waals surface area contributed by atoms with Gasteiger partial charge in [0.25, 0.3) is 0 Å². The van der Waals surface area contributed by atoms with Crippen LogP contribution < -0.4 is 5.30 Å². The van der Waals surface area contributed by atoms with Crippen LogP contribution in [0.2, 0.25) is 0 Å². The first kappa shape index (κ1) is 21.1. The van der Waals surface area contributed by atoms with Gasteiger partial charge in [-0.25, -0.2) is 0 Å². The van der Waals surface area contributed by atoms with E-state index in [9.17, 15) is 19.7 Å². The van der Waals surface area contributed by atoms with Gasteiger partial charge in [0.1, 0.15) is 11.5 Å². The number of hydrogen-bond donors (Lipinski definition) is 4. The molecule has 0 saturated heterocycles. The molecule has 1 unspecified atom stereocenters. The average Bonchev–Trinajstić information content (AvgIpc) is 2.62. The minimum atomic E-state index is -3.92. The lowest BCUT2D eigenvalue weighted by Crippen LogP contribution is -2.11. The van der Waals surface area contributed by atoms with Gasteiger partial charge in [0, 0.05) is 10.9 Å². The van der Waals surface area contributed by atoms with Gasteiger partial charge in [0.2, 0.25) is 7.37 Å². The largest absolute Gasteiger partial charge is 0.513 e. The number of aromatic hydroxyl groups is 1. The maximum absolute atomic E-state index is 12.8. The molecule has 2 aromatic rings. The highest BCUT2D eigenvalue weighted by Gasteiger charge is 2.27. The van der Waals surface area contributed by atoms with Crippen molar-refractivity contribution < 1.29 is 24.8 Å². The molecule has 0 fully saturated rings. The molecule has 6 heteroatoms. The van der Waals surface area contributed by atoms with Gasteiger partial charge >= 0.3 is 0 Å². The Morgan fingerprint density at radius 1 is 1.00 bits per heavy atom. The van der Waals surface area contributed by atoms with Crippen molar-refractivity contribution in [2.75, 3.05) is 6.16 Å². The summed E-state index contributed by atoms with van der Waals surface area (Å²) in [5, 5.41) is 29.1. The van der Waals surface area contributed by atoms with Gasteiger partial charge in [-0.15, -0.1) is 12.8 Å². The van der Waals surface area contributed by atoms with Crippen molar-refractivity contribution in [3.8, 4) is 29.7 Å². The zero-order chi connectivity index (χ0) is 19.7. The number of benzene rings is 2. The molecule has 2 aromatic carbocycles. The zero-order valence-electron chi connectivity index (χ0n) is 14.3. The Kier molecular flexibility index (Phi) is 7.74. The molecule has 136 valence electrons. The van der Waals surface area contributed by atoms with E-state index in [0.717, 1.165) is 0 Å². The number of aliphatic hydroxyl groups is 2. The lowest BCUT2D eigenvalue weighted by Gasteiger charge is -2.16. The van der Waals surface area contributed by atoms with Crippen LogP contribution in [0.4, 0.5) is 0 Å². The van der Waals surface area contributed by atoms with Gasteiger partial charge in [0.15, 0.2) is 0 Å². The summed E-state index contributed by atoms with van der Waals surface area (Å²) in [5.41, 5.74) is 0.875. The third-order valence-corrected chi connectivity index (χ3v) is 5.26. The van der Waals surface area contributed by atoms with E-state index in [1.165, 1.54) is 31.2 Å². The number of phenolic OH excluding ortho intramolecular Hbond substituents is 1. The molecule has 0 saturated carbocycles. The summed E-state index contributed by atoms with van der Waals surface area (Å²) in [7, 11) is -3.92. The maximum atomic E-state index is 12.8. The molecule has 26 heavy (non-hydrogen) atoms. The Labute approximate surface area is 153 Å². The molecule has 0 aliphatic carbocycles. The number of hydrogen-bond acceptors (Lipinski definition) is 4. The van der Waals surface area contributed by atoms with Gasteiger partial charge in [-0.2, -0.15) is 0 Å². The topological polar surface area (TPSA) is 98.0 Å². The molecular formula is C20H21O5P. The van der Waals surface area contributed by atoms with E-state index in [1.807, 2.05) is 0 Å². The average molecular weight is 372 g/mol. The van der Waals surface area contributed by atoms with Crippen LogP contribution in [0, 0.1) is 12.8 Å². The van der Waals surface area contributed by atoms with E-state index < -0.39 is 13.5 Å². The third-order valence-electron chi connectivity index (χ3n) is 3.37. The summed E-state index contributed by atoms with van der Waals surface area (Å²) in [6.07, 6.45) is 9.95. The summed E-state index contributed by atoms with van der Waals surface area (Å²) in [6, 6.07) is 13.0. The van der Waals surface area contributed by atoms with Crippen molar-refractivity contribution >= 4 is 12.7 Å². The molecule has 0 aliphatic rings. The van der Waals surface area contributed by atoms with Crippen LogP contribution in [0.5, 0.6) is 5.75 Å². The number of terminal acetylenes is 1. The van der Waals surface area contributed by atoms with Gasteiger partial charge in [0.05, 0.1) is 11.9 Å². The fourth-order valence-electron chi connectivity index (χ4n) is 2.28. The quantitative estimate of drug-likeness (QED) is 0.274.